The minimum absolute atomic E-state index is 0.0117. The number of unbranched alkanes of at least 4 members (excludes halogenated alkanes) is 1. The number of carbonyl (C=O) groups is 2. The maximum Gasteiger partial charge on any atom is 0.260 e. The first-order valence-corrected chi connectivity index (χ1v) is 9.05. The summed E-state index contributed by atoms with van der Waals surface area (Å²) in [4.78, 5) is 27.9. The Hall–Kier alpha value is -2.24. The van der Waals surface area contributed by atoms with E-state index in [2.05, 4.69) is 6.92 Å². The van der Waals surface area contributed by atoms with Gasteiger partial charge in [0, 0.05) is 32.6 Å². The van der Waals surface area contributed by atoms with Crippen LogP contribution in [0.3, 0.4) is 0 Å². The van der Waals surface area contributed by atoms with E-state index in [9.17, 15) is 9.59 Å². The Morgan fingerprint density at radius 2 is 1.40 bits per heavy atom. The molecule has 25 heavy (non-hydrogen) atoms. The molecule has 1 heterocycles. The Bertz CT molecular complexity index is 551. The molecule has 0 atom stereocenters. The first-order valence-electron chi connectivity index (χ1n) is 9.05. The first kappa shape index (κ1) is 19.1. The molecule has 1 saturated heterocycles. The lowest BCUT2D eigenvalue weighted by molar-refractivity contribution is -0.140. The lowest BCUT2D eigenvalue weighted by Crippen LogP contribution is -2.51. The Kier molecular flexibility index (Phi) is 7.57. The van der Waals surface area contributed by atoms with Crippen LogP contribution >= 0.6 is 0 Å². The Morgan fingerprint density at radius 1 is 0.880 bits per heavy atom. The third-order valence-corrected chi connectivity index (χ3v) is 4.23. The van der Waals surface area contributed by atoms with E-state index in [0.29, 0.717) is 45.0 Å². The SMILES string of the molecule is CCCCC(=O)N1CCN(C(=O)COc2ccc(OCC)cc2)CC1. The second-order valence-corrected chi connectivity index (χ2v) is 6.06. The predicted molar refractivity (Wildman–Crippen MR) is 95.8 cm³/mol. The van der Waals surface area contributed by atoms with Gasteiger partial charge >= 0.3 is 0 Å². The molecule has 1 aromatic carbocycles. The maximum atomic E-state index is 12.3. The van der Waals surface area contributed by atoms with Gasteiger partial charge in [0.1, 0.15) is 11.5 Å². The van der Waals surface area contributed by atoms with E-state index in [1.165, 1.54) is 0 Å². The number of amides is 2. The zero-order valence-electron chi connectivity index (χ0n) is 15.2. The van der Waals surface area contributed by atoms with Crippen LogP contribution in [0.2, 0.25) is 0 Å². The molecule has 138 valence electrons. The number of piperazine rings is 1. The summed E-state index contributed by atoms with van der Waals surface area (Å²) in [6, 6.07) is 7.24. The molecule has 1 aliphatic rings. The monoisotopic (exact) mass is 348 g/mol. The van der Waals surface area contributed by atoms with Crippen molar-refractivity contribution in [3.05, 3.63) is 24.3 Å². The zero-order chi connectivity index (χ0) is 18.1. The lowest BCUT2D eigenvalue weighted by atomic mass is 10.2. The second-order valence-electron chi connectivity index (χ2n) is 6.06. The van der Waals surface area contributed by atoms with Gasteiger partial charge in [-0.05, 0) is 37.6 Å². The van der Waals surface area contributed by atoms with E-state index in [-0.39, 0.29) is 18.4 Å². The highest BCUT2D eigenvalue weighted by molar-refractivity contribution is 5.79. The number of benzene rings is 1. The maximum absolute atomic E-state index is 12.3. The van der Waals surface area contributed by atoms with Crippen LogP contribution in [0.15, 0.2) is 24.3 Å². The van der Waals surface area contributed by atoms with Crippen molar-refractivity contribution in [3.63, 3.8) is 0 Å². The van der Waals surface area contributed by atoms with Crippen molar-refractivity contribution in [3.8, 4) is 11.5 Å². The van der Waals surface area contributed by atoms with Crippen LogP contribution in [0.5, 0.6) is 11.5 Å². The second kappa shape index (κ2) is 9.91. The fourth-order valence-corrected chi connectivity index (χ4v) is 2.73. The molecule has 0 N–H and O–H groups in total. The van der Waals surface area contributed by atoms with Crippen molar-refractivity contribution in [2.75, 3.05) is 39.4 Å². The predicted octanol–water partition coefficient (Wildman–Crippen LogP) is 2.33. The molecule has 0 unspecified atom stereocenters. The van der Waals surface area contributed by atoms with Crippen LogP contribution in [0.1, 0.15) is 33.1 Å². The smallest absolute Gasteiger partial charge is 0.260 e. The van der Waals surface area contributed by atoms with Crippen molar-refractivity contribution >= 4 is 11.8 Å². The summed E-state index contributed by atoms with van der Waals surface area (Å²) in [7, 11) is 0. The van der Waals surface area contributed by atoms with Crippen LogP contribution in [0.4, 0.5) is 0 Å². The third kappa shape index (κ3) is 5.96. The van der Waals surface area contributed by atoms with Crippen molar-refractivity contribution in [2.45, 2.75) is 33.1 Å². The number of carbonyl (C=O) groups excluding carboxylic acids is 2. The van der Waals surface area contributed by atoms with Gasteiger partial charge in [0.15, 0.2) is 6.61 Å². The Balaban J connectivity index is 1.72. The van der Waals surface area contributed by atoms with E-state index in [4.69, 9.17) is 9.47 Å². The molecule has 0 bridgehead atoms. The van der Waals surface area contributed by atoms with Gasteiger partial charge < -0.3 is 19.3 Å². The van der Waals surface area contributed by atoms with Crippen LogP contribution < -0.4 is 9.47 Å². The largest absolute Gasteiger partial charge is 0.494 e. The molecule has 1 aromatic rings. The standard InChI is InChI=1S/C19H28N2O4/c1-3-5-6-18(22)20-11-13-21(14-12-20)19(23)15-25-17-9-7-16(8-10-17)24-4-2/h7-10H,3-6,11-15H2,1-2H3. The normalized spacial score (nSPS) is 14.3. The van der Waals surface area contributed by atoms with Crippen molar-refractivity contribution < 1.29 is 19.1 Å². The molecule has 0 saturated carbocycles. The highest BCUT2D eigenvalue weighted by atomic mass is 16.5. The van der Waals surface area contributed by atoms with Crippen molar-refractivity contribution in [1.29, 1.82) is 0 Å². The molecule has 2 amide bonds. The highest BCUT2D eigenvalue weighted by Gasteiger charge is 2.23. The van der Waals surface area contributed by atoms with E-state index < -0.39 is 0 Å². The number of hydrogen-bond donors (Lipinski definition) is 0. The molecular formula is C19H28N2O4. The van der Waals surface area contributed by atoms with Crippen LogP contribution in [0.25, 0.3) is 0 Å². The summed E-state index contributed by atoms with van der Waals surface area (Å²) in [5, 5.41) is 0. The van der Waals surface area contributed by atoms with Crippen molar-refractivity contribution in [1.82, 2.24) is 9.80 Å². The molecule has 2 rings (SSSR count). The van der Waals surface area contributed by atoms with E-state index >= 15 is 0 Å². The van der Waals surface area contributed by atoms with Crippen LogP contribution in [0, 0.1) is 0 Å². The fraction of sp³-hybridized carbons (Fsp3) is 0.579. The summed E-state index contributed by atoms with van der Waals surface area (Å²) in [5.41, 5.74) is 0. The number of hydrogen-bond acceptors (Lipinski definition) is 4. The van der Waals surface area contributed by atoms with Gasteiger partial charge in [0.25, 0.3) is 5.91 Å². The Labute approximate surface area is 149 Å². The molecular weight excluding hydrogens is 320 g/mol. The van der Waals surface area contributed by atoms with Gasteiger partial charge in [-0.1, -0.05) is 13.3 Å². The van der Waals surface area contributed by atoms with Gasteiger partial charge in [-0.3, -0.25) is 9.59 Å². The quantitative estimate of drug-likeness (QED) is 0.723. The fourth-order valence-electron chi connectivity index (χ4n) is 2.73. The summed E-state index contributed by atoms with van der Waals surface area (Å²) in [6.07, 6.45) is 2.55. The third-order valence-electron chi connectivity index (χ3n) is 4.23. The van der Waals surface area contributed by atoms with Gasteiger partial charge in [-0.15, -0.1) is 0 Å². The topological polar surface area (TPSA) is 59.1 Å². The molecule has 1 aliphatic heterocycles. The average Bonchev–Trinajstić information content (AvgIpc) is 2.65. The summed E-state index contributed by atoms with van der Waals surface area (Å²) < 4.78 is 10.9. The first-order chi connectivity index (χ1) is 12.1. The van der Waals surface area contributed by atoms with E-state index in [0.717, 1.165) is 18.6 Å². The van der Waals surface area contributed by atoms with Gasteiger partial charge in [0.2, 0.25) is 5.91 Å². The summed E-state index contributed by atoms with van der Waals surface area (Å²) in [6.45, 7) is 7.00. The molecule has 6 heteroatoms. The number of nitrogens with zero attached hydrogens (tertiary/aromatic N) is 2. The van der Waals surface area contributed by atoms with Gasteiger partial charge in [-0.25, -0.2) is 0 Å². The minimum atomic E-state index is -0.0467. The van der Waals surface area contributed by atoms with E-state index in [1.54, 1.807) is 17.0 Å². The van der Waals surface area contributed by atoms with Gasteiger partial charge in [-0.2, -0.15) is 0 Å². The van der Waals surface area contributed by atoms with Crippen molar-refractivity contribution in [2.24, 2.45) is 0 Å². The molecule has 0 aromatic heterocycles. The molecule has 0 spiro atoms. The van der Waals surface area contributed by atoms with Gasteiger partial charge in [0.05, 0.1) is 6.61 Å². The number of rotatable bonds is 8. The van der Waals surface area contributed by atoms with E-state index in [1.807, 2.05) is 24.0 Å². The molecule has 0 aliphatic carbocycles. The average molecular weight is 348 g/mol. The lowest BCUT2D eigenvalue weighted by Gasteiger charge is -2.34. The highest BCUT2D eigenvalue weighted by Crippen LogP contribution is 2.17. The van der Waals surface area contributed by atoms with Crippen LogP contribution in [-0.2, 0) is 9.59 Å². The summed E-state index contributed by atoms with van der Waals surface area (Å²) >= 11 is 0. The van der Waals surface area contributed by atoms with Crippen LogP contribution in [-0.4, -0.2) is 61.0 Å². The Morgan fingerprint density at radius 3 is 1.92 bits per heavy atom. The molecule has 0 radical (unpaired) electrons. The number of ether oxygens (including phenoxy) is 2. The molecule has 1 fully saturated rings. The summed E-state index contributed by atoms with van der Waals surface area (Å²) in [5.74, 6) is 1.57. The molecule has 6 nitrogen and oxygen atoms in total. The zero-order valence-corrected chi connectivity index (χ0v) is 15.2. The minimum Gasteiger partial charge on any atom is -0.494 e.